The van der Waals surface area contributed by atoms with Crippen LogP contribution in [0, 0.1) is 6.92 Å². The average molecular weight is 528 g/mol. The molecule has 192 valence electrons. The monoisotopic (exact) mass is 527 g/mol. The van der Waals surface area contributed by atoms with E-state index in [1.165, 1.54) is 8.61 Å². The number of hydrogen-bond donors (Lipinski definition) is 0. The van der Waals surface area contributed by atoms with E-state index >= 15 is 0 Å². The van der Waals surface area contributed by atoms with Gasteiger partial charge in [0.1, 0.15) is 6.17 Å². The zero-order valence-electron chi connectivity index (χ0n) is 21.1. The average Bonchev–Trinajstić information content (AvgIpc) is 3.25. The van der Waals surface area contributed by atoms with Gasteiger partial charge in [-0.1, -0.05) is 48.0 Å². The Kier molecular flexibility index (Phi) is 7.56. The van der Waals surface area contributed by atoms with Gasteiger partial charge >= 0.3 is 0 Å². The maximum Gasteiger partial charge on any atom is 0.245 e. The molecule has 0 spiro atoms. The van der Waals surface area contributed by atoms with Crippen LogP contribution in [0.15, 0.2) is 88.7 Å². The predicted octanol–water partition coefficient (Wildman–Crippen LogP) is 4.62. The molecule has 1 fully saturated rings. The van der Waals surface area contributed by atoms with Crippen molar-refractivity contribution in [2.45, 2.75) is 49.7 Å². The molecular formula is C27H33N3O4S2. The summed E-state index contributed by atoms with van der Waals surface area (Å²) < 4.78 is 58.0. The fourth-order valence-corrected chi connectivity index (χ4v) is 8.22. The molecule has 3 aromatic rings. The lowest BCUT2D eigenvalue weighted by Gasteiger charge is -2.31. The maximum atomic E-state index is 13.8. The van der Waals surface area contributed by atoms with Gasteiger partial charge in [-0.2, -0.15) is 8.61 Å². The third-order valence-electron chi connectivity index (χ3n) is 6.66. The van der Waals surface area contributed by atoms with Crippen molar-refractivity contribution in [1.82, 2.24) is 8.61 Å². The van der Waals surface area contributed by atoms with Crippen LogP contribution in [0.1, 0.15) is 38.1 Å². The highest BCUT2D eigenvalue weighted by molar-refractivity contribution is 7.90. The molecule has 0 unspecified atom stereocenters. The van der Waals surface area contributed by atoms with Crippen molar-refractivity contribution in [1.29, 1.82) is 0 Å². The van der Waals surface area contributed by atoms with Crippen molar-refractivity contribution in [2.75, 3.05) is 24.5 Å². The Bertz CT molecular complexity index is 1390. The fraction of sp³-hybridized carbons (Fsp3) is 0.333. The number of hydrogen-bond acceptors (Lipinski definition) is 5. The number of benzene rings is 3. The Morgan fingerprint density at radius 3 is 1.89 bits per heavy atom. The predicted molar refractivity (Wildman–Crippen MR) is 143 cm³/mol. The van der Waals surface area contributed by atoms with Gasteiger partial charge in [-0.3, -0.25) is 0 Å². The molecule has 3 aromatic carbocycles. The van der Waals surface area contributed by atoms with Crippen LogP contribution in [0.25, 0.3) is 0 Å². The van der Waals surface area contributed by atoms with Crippen LogP contribution in [0.3, 0.4) is 0 Å². The van der Waals surface area contributed by atoms with Crippen molar-refractivity contribution in [2.24, 2.45) is 0 Å². The van der Waals surface area contributed by atoms with E-state index in [1.807, 2.05) is 31.2 Å². The van der Waals surface area contributed by atoms with E-state index in [9.17, 15) is 16.8 Å². The zero-order chi connectivity index (χ0) is 26.1. The van der Waals surface area contributed by atoms with E-state index in [0.717, 1.165) is 24.3 Å². The van der Waals surface area contributed by atoms with Gasteiger partial charge in [0.25, 0.3) is 0 Å². The van der Waals surface area contributed by atoms with Gasteiger partial charge in [-0.15, -0.1) is 0 Å². The molecule has 7 nitrogen and oxygen atoms in total. The molecule has 0 radical (unpaired) electrons. The molecule has 2 atom stereocenters. The molecule has 0 saturated carbocycles. The van der Waals surface area contributed by atoms with Gasteiger partial charge in [0.15, 0.2) is 0 Å². The molecule has 0 aliphatic carbocycles. The topological polar surface area (TPSA) is 78.0 Å². The molecule has 1 heterocycles. The molecule has 1 saturated heterocycles. The summed E-state index contributed by atoms with van der Waals surface area (Å²) in [6.45, 7) is 9.49. The molecule has 0 bridgehead atoms. The lowest BCUT2D eigenvalue weighted by Crippen LogP contribution is -2.39. The van der Waals surface area contributed by atoms with Crippen LogP contribution >= 0.6 is 0 Å². The van der Waals surface area contributed by atoms with Crippen LogP contribution in [0.2, 0.25) is 0 Å². The lowest BCUT2D eigenvalue weighted by molar-refractivity contribution is 0.276. The first-order valence-electron chi connectivity index (χ1n) is 12.1. The Morgan fingerprint density at radius 2 is 1.33 bits per heavy atom. The molecule has 0 aromatic heterocycles. The summed E-state index contributed by atoms with van der Waals surface area (Å²) in [5.74, 6) is 0. The van der Waals surface area contributed by atoms with Crippen LogP contribution < -0.4 is 4.90 Å². The summed E-state index contributed by atoms with van der Waals surface area (Å²) in [5, 5.41) is 0. The van der Waals surface area contributed by atoms with E-state index in [2.05, 4.69) is 18.7 Å². The van der Waals surface area contributed by atoms with Gasteiger partial charge < -0.3 is 4.90 Å². The second-order valence-electron chi connectivity index (χ2n) is 9.02. The molecule has 1 aliphatic heterocycles. The summed E-state index contributed by atoms with van der Waals surface area (Å²) in [6, 6.07) is 21.8. The molecular weight excluding hydrogens is 494 g/mol. The van der Waals surface area contributed by atoms with E-state index < -0.39 is 32.3 Å². The Morgan fingerprint density at radius 1 is 0.778 bits per heavy atom. The molecule has 0 N–H and O–H groups in total. The van der Waals surface area contributed by atoms with Gasteiger partial charge in [-0.25, -0.2) is 16.8 Å². The normalized spacial score (nSPS) is 19.4. The number of anilines is 1. The first-order valence-corrected chi connectivity index (χ1v) is 15.0. The van der Waals surface area contributed by atoms with Crippen LogP contribution in [-0.2, 0) is 20.0 Å². The van der Waals surface area contributed by atoms with Gasteiger partial charge in [0, 0.05) is 31.4 Å². The molecule has 0 amide bonds. The second kappa shape index (κ2) is 10.3. The van der Waals surface area contributed by atoms with Crippen molar-refractivity contribution in [3.8, 4) is 0 Å². The molecule has 1 aliphatic rings. The molecule has 36 heavy (non-hydrogen) atoms. The first kappa shape index (κ1) is 26.3. The van der Waals surface area contributed by atoms with Crippen molar-refractivity contribution in [3.63, 3.8) is 0 Å². The largest absolute Gasteiger partial charge is 0.372 e. The van der Waals surface area contributed by atoms with E-state index in [4.69, 9.17) is 0 Å². The number of nitrogens with zero attached hydrogens (tertiary/aromatic N) is 3. The Balaban J connectivity index is 1.85. The summed E-state index contributed by atoms with van der Waals surface area (Å²) in [4.78, 5) is 2.46. The van der Waals surface area contributed by atoms with Gasteiger partial charge in [0.05, 0.1) is 9.79 Å². The highest BCUT2D eigenvalue weighted by atomic mass is 32.2. The minimum Gasteiger partial charge on any atom is -0.372 e. The zero-order valence-corrected chi connectivity index (χ0v) is 22.7. The maximum absolute atomic E-state index is 13.8. The number of rotatable bonds is 8. The van der Waals surface area contributed by atoms with Gasteiger partial charge in [-0.05, 0) is 69.7 Å². The minimum absolute atomic E-state index is 0.0464. The Hall–Kier alpha value is -2.72. The van der Waals surface area contributed by atoms with Crippen molar-refractivity contribution in [3.05, 3.63) is 90.0 Å². The SMILES string of the molecule is CCN(CC)c1ccc([C@H]2N(S(=O)(=O)c3ccc(C)cc3)C[C@@H](C)N2S(=O)(=O)c2ccccc2)cc1. The summed E-state index contributed by atoms with van der Waals surface area (Å²) >= 11 is 0. The van der Waals surface area contributed by atoms with Crippen molar-refractivity contribution >= 4 is 25.7 Å². The van der Waals surface area contributed by atoms with E-state index in [-0.39, 0.29) is 16.3 Å². The summed E-state index contributed by atoms with van der Waals surface area (Å²) in [7, 11) is -7.97. The van der Waals surface area contributed by atoms with Crippen LogP contribution in [-0.4, -0.2) is 51.1 Å². The second-order valence-corrected chi connectivity index (χ2v) is 12.8. The number of sulfonamides is 2. The molecule has 4 rings (SSSR count). The van der Waals surface area contributed by atoms with E-state index in [0.29, 0.717) is 5.56 Å². The third kappa shape index (κ3) is 4.80. The summed E-state index contributed by atoms with van der Waals surface area (Å²) in [5.41, 5.74) is 2.55. The van der Waals surface area contributed by atoms with Crippen LogP contribution in [0.4, 0.5) is 5.69 Å². The van der Waals surface area contributed by atoms with Crippen molar-refractivity contribution < 1.29 is 16.8 Å². The standard InChI is InChI=1S/C27H33N3O4S2/c1-5-28(6-2)24-16-14-23(15-17-24)27-29(35(31,32)26-18-12-21(3)13-19-26)20-22(4)30(27)36(33,34)25-10-8-7-9-11-25/h7-19,22,27H,5-6,20H2,1-4H3/t22-,27+/m1/s1. The van der Waals surface area contributed by atoms with Gasteiger partial charge in [0.2, 0.25) is 20.0 Å². The lowest BCUT2D eigenvalue weighted by atomic mass is 10.1. The highest BCUT2D eigenvalue weighted by Crippen LogP contribution is 2.41. The smallest absolute Gasteiger partial charge is 0.245 e. The highest BCUT2D eigenvalue weighted by Gasteiger charge is 2.50. The first-order chi connectivity index (χ1) is 17.1. The Labute approximate surface area is 215 Å². The third-order valence-corrected chi connectivity index (χ3v) is 10.5. The quantitative estimate of drug-likeness (QED) is 0.427. The fourth-order valence-electron chi connectivity index (χ4n) is 4.73. The minimum atomic E-state index is -3.99. The number of aryl methyl sites for hydroxylation is 1. The van der Waals surface area contributed by atoms with E-state index in [1.54, 1.807) is 61.5 Å². The molecule has 9 heteroatoms. The summed E-state index contributed by atoms with van der Waals surface area (Å²) in [6.07, 6.45) is -1.01. The van der Waals surface area contributed by atoms with Crippen LogP contribution in [0.5, 0.6) is 0 Å².